The van der Waals surface area contributed by atoms with Crippen molar-refractivity contribution in [3.63, 3.8) is 0 Å². The van der Waals surface area contributed by atoms with E-state index < -0.39 is 0 Å². The summed E-state index contributed by atoms with van der Waals surface area (Å²) >= 11 is 1.88. The van der Waals surface area contributed by atoms with Crippen LogP contribution in [0.4, 0.5) is 0 Å². The summed E-state index contributed by atoms with van der Waals surface area (Å²) in [5.74, 6) is 3.50. The molecule has 2 aromatic carbocycles. The quantitative estimate of drug-likeness (QED) is 0.345. The highest BCUT2D eigenvalue weighted by Crippen LogP contribution is 2.32. The van der Waals surface area contributed by atoms with E-state index in [1.165, 1.54) is 4.90 Å². The fraction of sp³-hybridized carbons (Fsp3) is 0.316. The molecule has 1 aliphatic heterocycles. The molecule has 6 heteroatoms. The first-order chi connectivity index (χ1) is 12.3. The highest BCUT2D eigenvalue weighted by molar-refractivity contribution is 7.99. The Morgan fingerprint density at radius 2 is 1.92 bits per heavy atom. The molecule has 1 aliphatic rings. The third-order valence-electron chi connectivity index (χ3n) is 3.75. The zero-order valence-electron chi connectivity index (χ0n) is 14.3. The standard InChI is InChI=1S/C19H23N3O2S/c1-20-19(21-10-5-11-25-16-6-3-2-4-7-16)22-13-15-8-9-17-18(12-15)24-14-23-17/h2-4,6-9,12H,5,10-11,13-14H2,1H3,(H2,20,21,22). The Labute approximate surface area is 152 Å². The van der Waals surface area contributed by atoms with Gasteiger partial charge in [-0.15, -0.1) is 11.8 Å². The lowest BCUT2D eigenvalue weighted by Crippen LogP contribution is -2.37. The summed E-state index contributed by atoms with van der Waals surface area (Å²) < 4.78 is 10.7. The molecule has 0 fully saturated rings. The van der Waals surface area contributed by atoms with Crippen molar-refractivity contribution in [3.05, 3.63) is 54.1 Å². The zero-order chi connectivity index (χ0) is 17.3. The molecule has 0 saturated heterocycles. The molecular formula is C19H23N3O2S. The first kappa shape index (κ1) is 17.5. The Bertz CT molecular complexity index is 707. The Hall–Kier alpha value is -2.34. The minimum atomic E-state index is 0.302. The van der Waals surface area contributed by atoms with Crippen LogP contribution in [0.25, 0.3) is 0 Å². The average Bonchev–Trinajstić information content (AvgIpc) is 3.12. The Morgan fingerprint density at radius 1 is 1.08 bits per heavy atom. The fourth-order valence-corrected chi connectivity index (χ4v) is 3.32. The molecule has 0 spiro atoms. The van der Waals surface area contributed by atoms with Crippen LogP contribution >= 0.6 is 11.8 Å². The van der Waals surface area contributed by atoms with Crippen LogP contribution in [-0.2, 0) is 6.54 Å². The van der Waals surface area contributed by atoms with Crippen LogP contribution in [0.5, 0.6) is 11.5 Å². The number of fused-ring (bicyclic) bond motifs is 1. The summed E-state index contributed by atoms with van der Waals surface area (Å²) in [6.07, 6.45) is 1.07. The van der Waals surface area contributed by atoms with Gasteiger partial charge >= 0.3 is 0 Å². The summed E-state index contributed by atoms with van der Waals surface area (Å²) in [6.45, 7) is 1.88. The summed E-state index contributed by atoms with van der Waals surface area (Å²) in [7, 11) is 1.79. The van der Waals surface area contributed by atoms with Gasteiger partial charge in [0, 0.05) is 25.0 Å². The predicted molar refractivity (Wildman–Crippen MR) is 103 cm³/mol. The zero-order valence-corrected chi connectivity index (χ0v) is 15.1. The van der Waals surface area contributed by atoms with Gasteiger partial charge in [0.1, 0.15) is 0 Å². The van der Waals surface area contributed by atoms with Crippen molar-refractivity contribution < 1.29 is 9.47 Å². The molecule has 0 bridgehead atoms. The number of guanidine groups is 1. The SMILES string of the molecule is CN=C(NCCCSc1ccccc1)NCc1ccc2c(c1)OCO2. The maximum absolute atomic E-state index is 5.40. The van der Waals surface area contributed by atoms with E-state index in [0.717, 1.165) is 41.7 Å². The molecule has 0 aliphatic carbocycles. The van der Waals surface area contributed by atoms with E-state index in [0.29, 0.717) is 13.3 Å². The highest BCUT2D eigenvalue weighted by Gasteiger charge is 2.13. The molecule has 3 rings (SSSR count). The Morgan fingerprint density at radius 3 is 2.76 bits per heavy atom. The normalized spacial score (nSPS) is 12.9. The van der Waals surface area contributed by atoms with Gasteiger partial charge in [-0.1, -0.05) is 24.3 Å². The van der Waals surface area contributed by atoms with Crippen LogP contribution in [-0.4, -0.2) is 32.1 Å². The topological polar surface area (TPSA) is 54.9 Å². The van der Waals surface area contributed by atoms with Crippen molar-refractivity contribution in [1.29, 1.82) is 0 Å². The first-order valence-corrected chi connectivity index (χ1v) is 9.34. The van der Waals surface area contributed by atoms with E-state index >= 15 is 0 Å². The van der Waals surface area contributed by atoms with Gasteiger partial charge in [0.2, 0.25) is 6.79 Å². The summed E-state index contributed by atoms with van der Waals surface area (Å²) in [5, 5.41) is 6.67. The van der Waals surface area contributed by atoms with E-state index in [2.05, 4.69) is 39.9 Å². The Kier molecular flexibility index (Phi) is 6.45. The van der Waals surface area contributed by atoms with Gasteiger partial charge in [0.05, 0.1) is 0 Å². The Balaban J connectivity index is 1.35. The number of nitrogens with one attached hydrogen (secondary N) is 2. The third kappa shape index (κ3) is 5.32. The van der Waals surface area contributed by atoms with E-state index in [9.17, 15) is 0 Å². The number of hydrogen-bond donors (Lipinski definition) is 2. The monoisotopic (exact) mass is 357 g/mol. The van der Waals surface area contributed by atoms with Crippen LogP contribution < -0.4 is 20.1 Å². The molecule has 25 heavy (non-hydrogen) atoms. The van der Waals surface area contributed by atoms with E-state index in [1.807, 2.05) is 36.0 Å². The van der Waals surface area contributed by atoms with Crippen molar-refractivity contribution in [1.82, 2.24) is 10.6 Å². The average molecular weight is 357 g/mol. The second kappa shape index (κ2) is 9.22. The molecule has 0 atom stereocenters. The summed E-state index contributed by atoms with van der Waals surface area (Å²) in [6, 6.07) is 16.4. The fourth-order valence-electron chi connectivity index (χ4n) is 2.44. The molecule has 0 radical (unpaired) electrons. The minimum Gasteiger partial charge on any atom is -0.454 e. The highest BCUT2D eigenvalue weighted by atomic mass is 32.2. The van der Waals surface area contributed by atoms with Gasteiger partial charge in [-0.2, -0.15) is 0 Å². The summed E-state index contributed by atoms with van der Waals surface area (Å²) in [4.78, 5) is 5.58. The number of thioether (sulfide) groups is 1. The van der Waals surface area contributed by atoms with Gasteiger partial charge in [0.25, 0.3) is 0 Å². The number of aliphatic imine (C=N–C) groups is 1. The van der Waals surface area contributed by atoms with Crippen LogP contribution in [0.15, 0.2) is 58.4 Å². The number of rotatable bonds is 7. The lowest BCUT2D eigenvalue weighted by Gasteiger charge is -2.12. The number of benzene rings is 2. The number of hydrogen-bond acceptors (Lipinski definition) is 4. The van der Waals surface area contributed by atoms with Gasteiger partial charge in [-0.25, -0.2) is 0 Å². The molecule has 0 amide bonds. The molecule has 2 aromatic rings. The van der Waals surface area contributed by atoms with Crippen LogP contribution in [0.2, 0.25) is 0 Å². The molecular weight excluding hydrogens is 334 g/mol. The predicted octanol–water partition coefficient (Wildman–Crippen LogP) is 3.26. The lowest BCUT2D eigenvalue weighted by molar-refractivity contribution is 0.174. The smallest absolute Gasteiger partial charge is 0.231 e. The molecule has 5 nitrogen and oxygen atoms in total. The molecule has 132 valence electrons. The third-order valence-corrected chi connectivity index (χ3v) is 4.84. The molecule has 1 heterocycles. The summed E-state index contributed by atoms with van der Waals surface area (Å²) in [5.41, 5.74) is 1.13. The molecule has 2 N–H and O–H groups in total. The number of nitrogens with zero attached hydrogens (tertiary/aromatic N) is 1. The molecule has 0 unspecified atom stereocenters. The second-order valence-corrected chi connectivity index (χ2v) is 6.72. The van der Waals surface area contributed by atoms with Crippen molar-refractivity contribution in [2.75, 3.05) is 26.1 Å². The van der Waals surface area contributed by atoms with Crippen LogP contribution in [0, 0.1) is 0 Å². The maximum Gasteiger partial charge on any atom is 0.231 e. The van der Waals surface area contributed by atoms with Crippen LogP contribution in [0.3, 0.4) is 0 Å². The van der Waals surface area contributed by atoms with Crippen molar-refractivity contribution in [2.45, 2.75) is 17.9 Å². The largest absolute Gasteiger partial charge is 0.454 e. The van der Waals surface area contributed by atoms with Crippen LogP contribution in [0.1, 0.15) is 12.0 Å². The van der Waals surface area contributed by atoms with E-state index in [1.54, 1.807) is 7.05 Å². The molecule has 0 saturated carbocycles. The number of ether oxygens (including phenoxy) is 2. The van der Waals surface area contributed by atoms with Crippen molar-refractivity contribution in [2.24, 2.45) is 4.99 Å². The second-order valence-electron chi connectivity index (χ2n) is 5.56. The lowest BCUT2D eigenvalue weighted by atomic mass is 10.2. The van der Waals surface area contributed by atoms with Gasteiger partial charge in [-0.05, 0) is 42.0 Å². The van der Waals surface area contributed by atoms with Crippen molar-refractivity contribution in [3.8, 4) is 11.5 Å². The maximum atomic E-state index is 5.40. The van der Waals surface area contributed by atoms with Gasteiger partial charge in [-0.3, -0.25) is 4.99 Å². The minimum absolute atomic E-state index is 0.302. The van der Waals surface area contributed by atoms with Crippen molar-refractivity contribution >= 4 is 17.7 Å². The van der Waals surface area contributed by atoms with Gasteiger partial charge in [0.15, 0.2) is 17.5 Å². The van der Waals surface area contributed by atoms with E-state index in [4.69, 9.17) is 9.47 Å². The van der Waals surface area contributed by atoms with E-state index in [-0.39, 0.29) is 0 Å². The van der Waals surface area contributed by atoms with Gasteiger partial charge < -0.3 is 20.1 Å². The molecule has 0 aromatic heterocycles. The first-order valence-electron chi connectivity index (χ1n) is 8.36.